The van der Waals surface area contributed by atoms with Gasteiger partial charge in [-0.05, 0) is 0 Å². The van der Waals surface area contributed by atoms with Crippen molar-refractivity contribution in [1.29, 1.82) is 0 Å². The van der Waals surface area contributed by atoms with E-state index in [1.165, 1.54) is 0 Å². The maximum atomic E-state index is 8.88. The molecule has 0 aromatic carbocycles. The Kier molecular flexibility index (Phi) is 46.8. The summed E-state index contributed by atoms with van der Waals surface area (Å²) in [7, 11) is -4.64. The Morgan fingerprint density at radius 1 is 0.889 bits per heavy atom. The monoisotopic (exact) mass is 242 g/mol. The Hall–Kier alpha value is 3.85. The van der Waals surface area contributed by atoms with Gasteiger partial charge in [-0.3, -0.25) is 0 Å². The first-order chi connectivity index (χ1) is 2.00. The van der Waals surface area contributed by atoms with Crippen LogP contribution in [0.3, 0.4) is 0 Å². The Morgan fingerprint density at radius 2 is 0.889 bits per heavy atom. The van der Waals surface area contributed by atoms with Crippen LogP contribution in [0.1, 0.15) is 0 Å². The van der Waals surface area contributed by atoms with Gasteiger partial charge in [0, 0.05) is 0 Å². The predicted octanol–water partition coefficient (Wildman–Crippen LogP) is -4.50. The average molecular weight is 242 g/mol. The molecule has 0 fully saturated rings. The first-order valence-electron chi connectivity index (χ1n) is 0.783. The fourth-order valence-corrected chi connectivity index (χ4v) is 0. The molecule has 0 rings (SSSR count). The van der Waals surface area contributed by atoms with Gasteiger partial charge in [-0.25, -0.2) is 4.57 Å². The summed E-state index contributed by atoms with van der Waals surface area (Å²) < 4.78 is 8.88. The summed E-state index contributed by atoms with van der Waals surface area (Å²) in [6.45, 7) is 0. The SMILES string of the molecule is O.O=P(O)(O)O.[CaH2].[CaH2].[CaH2]. The topological polar surface area (TPSA) is 109 Å². The van der Waals surface area contributed by atoms with E-state index in [9.17, 15) is 0 Å². The molecule has 0 aliphatic carbocycles. The van der Waals surface area contributed by atoms with E-state index in [1.807, 2.05) is 0 Å². The van der Waals surface area contributed by atoms with E-state index >= 15 is 0 Å². The quantitative estimate of drug-likeness (QED) is 0.294. The molecule has 0 aromatic rings. The Morgan fingerprint density at radius 3 is 0.889 bits per heavy atom. The molecule has 0 saturated heterocycles. The second kappa shape index (κ2) is 14.4. The molecular formula is H11Ca3O5P. The van der Waals surface area contributed by atoms with Crippen molar-refractivity contribution in [3.63, 3.8) is 0 Å². The fourth-order valence-electron chi connectivity index (χ4n) is 0. The van der Waals surface area contributed by atoms with Crippen molar-refractivity contribution in [3.05, 3.63) is 0 Å². The van der Waals surface area contributed by atoms with E-state index in [0.29, 0.717) is 0 Å². The van der Waals surface area contributed by atoms with Gasteiger partial charge in [0.2, 0.25) is 0 Å². The van der Waals surface area contributed by atoms with Crippen LogP contribution in [-0.2, 0) is 4.57 Å². The zero-order chi connectivity index (χ0) is 4.50. The first-order valence-corrected chi connectivity index (χ1v) is 2.35. The molecule has 5 nitrogen and oxygen atoms in total. The molecule has 5 N–H and O–H groups in total. The Labute approximate surface area is 142 Å². The summed E-state index contributed by atoms with van der Waals surface area (Å²) in [6, 6.07) is 0. The molecule has 0 aliphatic heterocycles. The van der Waals surface area contributed by atoms with Gasteiger partial charge in [-0.2, -0.15) is 0 Å². The molecule has 9 heteroatoms. The van der Waals surface area contributed by atoms with Gasteiger partial charge < -0.3 is 20.2 Å². The molecule has 9 heavy (non-hydrogen) atoms. The van der Waals surface area contributed by atoms with Crippen molar-refractivity contribution < 1.29 is 24.7 Å². The summed E-state index contributed by atoms with van der Waals surface area (Å²) in [5.74, 6) is 0. The predicted molar refractivity (Wildman–Crippen MR) is 43.5 cm³/mol. The molecule has 0 radical (unpaired) electrons. The van der Waals surface area contributed by atoms with Gasteiger partial charge in [-0.15, -0.1) is 0 Å². The van der Waals surface area contributed by atoms with Crippen molar-refractivity contribution in [2.75, 3.05) is 0 Å². The maximum absolute atomic E-state index is 8.88. The van der Waals surface area contributed by atoms with Crippen LogP contribution in [0, 0.1) is 0 Å². The third-order valence-corrected chi connectivity index (χ3v) is 0. The zero-order valence-electron chi connectivity index (χ0n) is 2.70. The molecule has 0 amide bonds. The van der Waals surface area contributed by atoms with Crippen LogP contribution >= 0.6 is 7.82 Å². The van der Waals surface area contributed by atoms with Gasteiger partial charge in [0.1, 0.15) is 0 Å². The number of phosphoric acid groups is 1. The van der Waals surface area contributed by atoms with Gasteiger partial charge >= 0.3 is 121 Å². The fraction of sp³-hybridized carbons (Fsp3) is 0. The van der Waals surface area contributed by atoms with Crippen molar-refractivity contribution in [2.24, 2.45) is 0 Å². The molecule has 0 saturated carbocycles. The van der Waals surface area contributed by atoms with Crippen LogP contribution in [0.4, 0.5) is 0 Å². The summed E-state index contributed by atoms with van der Waals surface area (Å²) >= 11 is 0. The number of hydrogen-bond donors (Lipinski definition) is 3. The first kappa shape index (κ1) is 29.3. The van der Waals surface area contributed by atoms with Crippen LogP contribution in [0.25, 0.3) is 0 Å². The molecule has 0 atom stereocenters. The van der Waals surface area contributed by atoms with Gasteiger partial charge in [0.25, 0.3) is 0 Å². The second-order valence-corrected chi connectivity index (χ2v) is 1.54. The van der Waals surface area contributed by atoms with E-state index in [4.69, 9.17) is 19.2 Å². The molecule has 0 heterocycles. The normalized spacial score (nSPS) is 6.56. The molecule has 52 valence electrons. The third-order valence-electron chi connectivity index (χ3n) is 0. The molecular weight excluding hydrogens is 231 g/mol. The van der Waals surface area contributed by atoms with Gasteiger partial charge in [0.15, 0.2) is 0 Å². The van der Waals surface area contributed by atoms with Crippen molar-refractivity contribution in [3.8, 4) is 0 Å². The van der Waals surface area contributed by atoms with E-state index in [2.05, 4.69) is 0 Å². The zero-order valence-corrected chi connectivity index (χ0v) is 3.59. The molecule has 0 spiro atoms. The van der Waals surface area contributed by atoms with E-state index < -0.39 is 7.82 Å². The van der Waals surface area contributed by atoms with Crippen molar-refractivity contribution in [2.45, 2.75) is 0 Å². The van der Waals surface area contributed by atoms with Crippen LogP contribution < -0.4 is 0 Å². The summed E-state index contributed by atoms with van der Waals surface area (Å²) in [5, 5.41) is 0. The summed E-state index contributed by atoms with van der Waals surface area (Å²) in [6.07, 6.45) is 0. The summed E-state index contributed by atoms with van der Waals surface area (Å²) in [4.78, 5) is 21.6. The van der Waals surface area contributed by atoms with E-state index in [-0.39, 0.29) is 119 Å². The summed E-state index contributed by atoms with van der Waals surface area (Å²) in [5.41, 5.74) is 0. The van der Waals surface area contributed by atoms with E-state index in [0.717, 1.165) is 0 Å². The Balaban J connectivity index is -0.0000000133. The van der Waals surface area contributed by atoms with Crippen LogP contribution in [0.5, 0.6) is 0 Å². The number of rotatable bonds is 0. The molecule has 0 aliphatic rings. The van der Waals surface area contributed by atoms with Crippen LogP contribution in [-0.4, -0.2) is 133 Å². The minimum atomic E-state index is -4.64. The molecule has 0 unspecified atom stereocenters. The third kappa shape index (κ3) is 77.6. The Bertz CT molecular complexity index is 58.3. The molecule has 0 bridgehead atoms. The van der Waals surface area contributed by atoms with E-state index in [1.54, 1.807) is 0 Å². The van der Waals surface area contributed by atoms with Crippen molar-refractivity contribution in [1.82, 2.24) is 0 Å². The van der Waals surface area contributed by atoms with Gasteiger partial charge in [-0.1, -0.05) is 0 Å². The second-order valence-electron chi connectivity index (χ2n) is 0.513. The molecule has 0 aromatic heterocycles. The minimum absolute atomic E-state index is 0. The van der Waals surface area contributed by atoms with Crippen LogP contribution in [0.15, 0.2) is 0 Å². The van der Waals surface area contributed by atoms with Gasteiger partial charge in [0.05, 0.1) is 0 Å². The van der Waals surface area contributed by atoms with Crippen LogP contribution in [0.2, 0.25) is 0 Å². The number of hydrogen-bond acceptors (Lipinski definition) is 1. The van der Waals surface area contributed by atoms with Crippen molar-refractivity contribution >= 4 is 121 Å². The average Bonchev–Trinajstić information content (AvgIpc) is 0.722. The standard InChI is InChI=1S/3Ca.H3O4P.H2O.6H/c;;;1-5(2,3)4;;;;;;;/h;;;(H3,1,2,3,4);1H2;;;;;;.